The summed E-state index contributed by atoms with van der Waals surface area (Å²) in [5.74, 6) is 0.253. The van der Waals surface area contributed by atoms with E-state index in [1.54, 1.807) is 12.0 Å². The first-order valence-electron chi connectivity index (χ1n) is 10.5. The lowest BCUT2D eigenvalue weighted by Gasteiger charge is -2.27. The van der Waals surface area contributed by atoms with Crippen LogP contribution in [0.25, 0.3) is 10.2 Å². The molecular weight excluding hydrogens is 503 g/mol. The maximum Gasteiger partial charge on any atom is 0.270 e. The van der Waals surface area contributed by atoms with Gasteiger partial charge in [-0.05, 0) is 24.6 Å². The highest BCUT2D eigenvalue weighted by Crippen LogP contribution is 2.33. The molecule has 2 heterocycles. The summed E-state index contributed by atoms with van der Waals surface area (Å²) in [6.07, 6.45) is 0.706. The standard InChI is InChI=1S/C22H23ClN4O5S.ClH/c1-31-16-4-6-20-19(14-16)24-22(33-20)26(8-2-7-25-9-11-32-12-10-25)21(28)17-13-15(27(29)30)3-5-18(17)23;/h3-6,13-14H,2,7-12H2,1H3;1H. The number of fused-ring (bicyclic) bond motifs is 1. The Labute approximate surface area is 211 Å². The van der Waals surface area contributed by atoms with Crippen LogP contribution in [0.3, 0.4) is 0 Å². The zero-order valence-electron chi connectivity index (χ0n) is 18.4. The molecule has 0 aliphatic carbocycles. The van der Waals surface area contributed by atoms with E-state index >= 15 is 0 Å². The first-order valence-corrected chi connectivity index (χ1v) is 11.7. The quantitative estimate of drug-likeness (QED) is 0.311. The molecule has 0 spiro atoms. The van der Waals surface area contributed by atoms with Crippen molar-refractivity contribution in [2.75, 3.05) is 51.4 Å². The van der Waals surface area contributed by atoms with E-state index in [1.165, 1.54) is 29.5 Å². The molecular formula is C22H24Cl2N4O5S. The molecule has 0 bridgehead atoms. The minimum atomic E-state index is -0.542. The highest BCUT2D eigenvalue weighted by atomic mass is 35.5. The molecule has 0 radical (unpaired) electrons. The summed E-state index contributed by atoms with van der Waals surface area (Å²) in [6, 6.07) is 9.42. The molecule has 1 saturated heterocycles. The second-order valence-electron chi connectivity index (χ2n) is 7.52. The van der Waals surface area contributed by atoms with Crippen LogP contribution in [0.15, 0.2) is 36.4 Å². The highest BCUT2D eigenvalue weighted by molar-refractivity contribution is 7.22. The number of aromatic nitrogens is 1. The van der Waals surface area contributed by atoms with Gasteiger partial charge in [-0.1, -0.05) is 22.9 Å². The number of thiazole rings is 1. The van der Waals surface area contributed by atoms with Gasteiger partial charge in [-0.15, -0.1) is 12.4 Å². The summed E-state index contributed by atoms with van der Waals surface area (Å²) in [6.45, 7) is 4.30. The van der Waals surface area contributed by atoms with Gasteiger partial charge in [-0.25, -0.2) is 4.98 Å². The molecule has 1 aliphatic heterocycles. The SMILES string of the molecule is COc1ccc2sc(N(CCCN3CCOCC3)C(=O)c3cc([N+](=O)[O-])ccc3Cl)nc2c1.Cl. The predicted octanol–water partition coefficient (Wildman–Crippen LogP) is 4.66. The Morgan fingerprint density at radius 2 is 2.06 bits per heavy atom. The minimum Gasteiger partial charge on any atom is -0.497 e. The second kappa shape index (κ2) is 11.8. The normalized spacial score (nSPS) is 13.9. The van der Waals surface area contributed by atoms with Crippen LogP contribution in [0.5, 0.6) is 5.75 Å². The highest BCUT2D eigenvalue weighted by Gasteiger charge is 2.25. The van der Waals surface area contributed by atoms with Crippen LogP contribution in [-0.2, 0) is 4.74 Å². The molecule has 34 heavy (non-hydrogen) atoms. The molecule has 1 fully saturated rings. The number of carbonyl (C=O) groups is 1. The van der Waals surface area contributed by atoms with E-state index in [9.17, 15) is 14.9 Å². The number of hydrogen-bond acceptors (Lipinski definition) is 8. The molecule has 1 aromatic heterocycles. The van der Waals surface area contributed by atoms with Crippen LogP contribution in [0.2, 0.25) is 5.02 Å². The maximum absolute atomic E-state index is 13.6. The Hall–Kier alpha value is -2.50. The van der Waals surface area contributed by atoms with Crippen molar-refractivity contribution < 1.29 is 19.2 Å². The Morgan fingerprint density at radius 3 is 2.76 bits per heavy atom. The van der Waals surface area contributed by atoms with E-state index in [1.807, 2.05) is 18.2 Å². The smallest absolute Gasteiger partial charge is 0.270 e. The number of rotatable bonds is 8. The Kier molecular flexibility index (Phi) is 9.03. The largest absolute Gasteiger partial charge is 0.497 e. The fourth-order valence-corrected chi connectivity index (χ4v) is 4.80. The summed E-state index contributed by atoms with van der Waals surface area (Å²) < 4.78 is 11.6. The molecule has 4 rings (SSSR count). The van der Waals surface area contributed by atoms with Crippen LogP contribution >= 0.6 is 35.3 Å². The second-order valence-corrected chi connectivity index (χ2v) is 8.93. The Bertz CT molecular complexity index is 1170. The summed E-state index contributed by atoms with van der Waals surface area (Å²) >= 11 is 7.65. The molecule has 2 aromatic carbocycles. The summed E-state index contributed by atoms with van der Waals surface area (Å²) in [5, 5.41) is 11.9. The average molecular weight is 527 g/mol. The van der Waals surface area contributed by atoms with Gasteiger partial charge in [0.1, 0.15) is 5.75 Å². The van der Waals surface area contributed by atoms with Crippen molar-refractivity contribution in [3.8, 4) is 5.75 Å². The summed E-state index contributed by atoms with van der Waals surface area (Å²) in [7, 11) is 1.58. The van der Waals surface area contributed by atoms with Crippen molar-refractivity contribution in [1.29, 1.82) is 0 Å². The molecule has 0 saturated carbocycles. The number of non-ortho nitro benzene ring substituents is 1. The maximum atomic E-state index is 13.6. The number of amides is 1. The van der Waals surface area contributed by atoms with Crippen LogP contribution in [0.1, 0.15) is 16.8 Å². The molecule has 12 heteroatoms. The van der Waals surface area contributed by atoms with Gasteiger partial charge in [0.05, 0.1) is 46.0 Å². The molecule has 1 aliphatic rings. The van der Waals surface area contributed by atoms with Crippen LogP contribution in [0, 0.1) is 10.1 Å². The lowest BCUT2D eigenvalue weighted by molar-refractivity contribution is -0.384. The number of anilines is 1. The number of ether oxygens (including phenoxy) is 2. The van der Waals surface area contributed by atoms with Crippen molar-refractivity contribution in [3.05, 3.63) is 57.1 Å². The van der Waals surface area contributed by atoms with Gasteiger partial charge in [0.2, 0.25) is 0 Å². The van der Waals surface area contributed by atoms with Crippen molar-refractivity contribution in [3.63, 3.8) is 0 Å². The van der Waals surface area contributed by atoms with Gasteiger partial charge in [-0.3, -0.25) is 24.7 Å². The van der Waals surface area contributed by atoms with Crippen molar-refractivity contribution >= 4 is 62.3 Å². The van der Waals surface area contributed by atoms with Crippen molar-refractivity contribution in [2.45, 2.75) is 6.42 Å². The third kappa shape index (κ3) is 5.94. The predicted molar refractivity (Wildman–Crippen MR) is 135 cm³/mol. The number of nitro benzene ring substituents is 1. The van der Waals surface area contributed by atoms with E-state index in [2.05, 4.69) is 9.88 Å². The average Bonchev–Trinajstić information content (AvgIpc) is 3.25. The van der Waals surface area contributed by atoms with Gasteiger partial charge in [-0.2, -0.15) is 0 Å². The number of nitrogens with zero attached hydrogens (tertiary/aromatic N) is 4. The lowest BCUT2D eigenvalue weighted by Crippen LogP contribution is -2.39. The van der Waals surface area contributed by atoms with Crippen LogP contribution in [-0.4, -0.2) is 67.2 Å². The van der Waals surface area contributed by atoms with Crippen molar-refractivity contribution in [1.82, 2.24) is 9.88 Å². The van der Waals surface area contributed by atoms with E-state index < -0.39 is 10.8 Å². The molecule has 0 unspecified atom stereocenters. The molecule has 9 nitrogen and oxygen atoms in total. The zero-order chi connectivity index (χ0) is 23.4. The Morgan fingerprint density at radius 1 is 1.29 bits per heavy atom. The number of morpholine rings is 1. The minimum absolute atomic E-state index is 0. The summed E-state index contributed by atoms with van der Waals surface area (Å²) in [4.78, 5) is 32.8. The number of halogens is 2. The van der Waals surface area contributed by atoms with Gasteiger partial charge in [0.25, 0.3) is 11.6 Å². The molecule has 3 aromatic rings. The van der Waals surface area contributed by atoms with Crippen molar-refractivity contribution in [2.24, 2.45) is 0 Å². The van der Waals surface area contributed by atoms with E-state index in [-0.39, 0.29) is 28.7 Å². The molecule has 0 N–H and O–H groups in total. The molecule has 0 atom stereocenters. The third-order valence-corrected chi connectivity index (χ3v) is 6.80. The number of benzene rings is 2. The fraction of sp³-hybridized carbons (Fsp3) is 0.364. The van der Waals surface area contributed by atoms with Crippen LogP contribution in [0.4, 0.5) is 10.8 Å². The van der Waals surface area contributed by atoms with Crippen LogP contribution < -0.4 is 9.64 Å². The Balaban J connectivity index is 0.00000324. The van der Waals surface area contributed by atoms with E-state index in [0.29, 0.717) is 42.6 Å². The topological polar surface area (TPSA) is 98.0 Å². The fourth-order valence-electron chi connectivity index (χ4n) is 3.63. The van der Waals surface area contributed by atoms with E-state index in [0.717, 1.165) is 24.3 Å². The van der Waals surface area contributed by atoms with Gasteiger partial charge in [0.15, 0.2) is 5.13 Å². The third-order valence-electron chi connectivity index (χ3n) is 5.41. The number of nitro groups is 1. The summed E-state index contributed by atoms with van der Waals surface area (Å²) in [5.41, 5.74) is 0.601. The zero-order valence-corrected chi connectivity index (χ0v) is 20.8. The molecule has 182 valence electrons. The lowest BCUT2D eigenvalue weighted by atomic mass is 10.1. The number of carbonyl (C=O) groups excluding carboxylic acids is 1. The van der Waals surface area contributed by atoms with Gasteiger partial charge in [0, 0.05) is 44.4 Å². The number of methoxy groups -OCH3 is 1. The first-order chi connectivity index (χ1) is 16.0. The van der Waals surface area contributed by atoms with E-state index in [4.69, 9.17) is 21.1 Å². The first kappa shape index (κ1) is 26.1. The van der Waals surface area contributed by atoms with Gasteiger partial charge >= 0.3 is 0 Å². The number of hydrogen-bond donors (Lipinski definition) is 0. The monoisotopic (exact) mass is 526 g/mol. The van der Waals surface area contributed by atoms with Gasteiger partial charge < -0.3 is 9.47 Å². The molecule has 1 amide bonds.